The number of rotatable bonds is 7. The van der Waals surface area contributed by atoms with E-state index in [-0.39, 0.29) is 12.2 Å². The van der Waals surface area contributed by atoms with Gasteiger partial charge >= 0.3 is 0 Å². The van der Waals surface area contributed by atoms with Crippen molar-refractivity contribution in [1.29, 1.82) is 0 Å². The Morgan fingerprint density at radius 2 is 2.00 bits per heavy atom. The first-order chi connectivity index (χ1) is 12.4. The quantitative estimate of drug-likeness (QED) is 0.698. The Kier molecular flexibility index (Phi) is 5.10. The number of nitrogens with one attached hydrogen (secondary N) is 1. The molecule has 0 bridgehead atoms. The van der Waals surface area contributed by atoms with Crippen molar-refractivity contribution in [1.82, 2.24) is 29.3 Å². The Labute approximate surface area is 148 Å². The van der Waals surface area contributed by atoms with Gasteiger partial charge in [0.15, 0.2) is 0 Å². The Morgan fingerprint density at radius 1 is 1.23 bits per heavy atom. The van der Waals surface area contributed by atoms with Gasteiger partial charge in [0.25, 0.3) is 6.43 Å². The van der Waals surface area contributed by atoms with E-state index in [2.05, 4.69) is 20.6 Å². The van der Waals surface area contributed by atoms with Crippen molar-refractivity contribution >= 4 is 11.6 Å². The first kappa shape index (κ1) is 17.8. The third-order valence-electron chi connectivity index (χ3n) is 3.72. The van der Waals surface area contributed by atoms with Crippen molar-refractivity contribution in [3.63, 3.8) is 0 Å². The first-order valence-corrected chi connectivity index (χ1v) is 8.10. The van der Waals surface area contributed by atoms with Gasteiger partial charge < -0.3 is 5.32 Å². The van der Waals surface area contributed by atoms with E-state index in [0.29, 0.717) is 17.9 Å². The summed E-state index contributed by atoms with van der Waals surface area (Å²) >= 11 is 0. The SMILES string of the molecule is CCn1cc(Cn2cc(NC(=O)Cn3nc(C)cc3C(F)F)cn2)cn1. The van der Waals surface area contributed by atoms with Crippen LogP contribution in [-0.2, 0) is 24.4 Å². The zero-order valence-corrected chi connectivity index (χ0v) is 14.4. The molecule has 0 fully saturated rings. The van der Waals surface area contributed by atoms with E-state index in [4.69, 9.17) is 0 Å². The zero-order chi connectivity index (χ0) is 18.7. The maximum absolute atomic E-state index is 12.9. The second-order valence-corrected chi connectivity index (χ2v) is 5.85. The normalized spacial score (nSPS) is 11.3. The molecule has 1 N–H and O–H groups in total. The lowest BCUT2D eigenvalue weighted by molar-refractivity contribution is -0.117. The van der Waals surface area contributed by atoms with Crippen molar-refractivity contribution in [2.75, 3.05) is 5.32 Å². The summed E-state index contributed by atoms with van der Waals surface area (Å²) in [5.74, 6) is -0.451. The number of hydrogen-bond acceptors (Lipinski definition) is 4. The summed E-state index contributed by atoms with van der Waals surface area (Å²) in [7, 11) is 0. The van der Waals surface area contributed by atoms with E-state index < -0.39 is 12.3 Å². The molecule has 0 aliphatic rings. The second kappa shape index (κ2) is 7.46. The highest BCUT2D eigenvalue weighted by Gasteiger charge is 2.17. The van der Waals surface area contributed by atoms with Gasteiger partial charge in [-0.3, -0.25) is 18.8 Å². The fourth-order valence-electron chi connectivity index (χ4n) is 2.57. The maximum atomic E-state index is 12.9. The third-order valence-corrected chi connectivity index (χ3v) is 3.72. The average Bonchev–Trinajstić information content (AvgIpc) is 3.28. The molecule has 10 heteroatoms. The van der Waals surface area contributed by atoms with E-state index in [1.54, 1.807) is 24.0 Å². The molecule has 3 aromatic heterocycles. The number of hydrogen-bond donors (Lipinski definition) is 1. The highest BCUT2D eigenvalue weighted by molar-refractivity contribution is 5.90. The predicted molar refractivity (Wildman–Crippen MR) is 89.8 cm³/mol. The van der Waals surface area contributed by atoms with E-state index in [9.17, 15) is 13.6 Å². The van der Waals surface area contributed by atoms with Crippen molar-refractivity contribution in [3.8, 4) is 0 Å². The minimum atomic E-state index is -2.68. The number of amides is 1. The van der Waals surface area contributed by atoms with Gasteiger partial charge in [-0.25, -0.2) is 8.78 Å². The summed E-state index contributed by atoms with van der Waals surface area (Å²) in [5, 5.41) is 14.9. The summed E-state index contributed by atoms with van der Waals surface area (Å²) < 4.78 is 30.4. The summed E-state index contributed by atoms with van der Waals surface area (Å²) in [5.41, 5.74) is 1.64. The molecule has 3 aromatic rings. The van der Waals surface area contributed by atoms with E-state index in [1.807, 2.05) is 17.8 Å². The Bertz CT molecular complexity index is 896. The maximum Gasteiger partial charge on any atom is 0.280 e. The summed E-state index contributed by atoms with van der Waals surface area (Å²) in [6.45, 7) is 4.61. The Hall–Kier alpha value is -3.04. The Balaban J connectivity index is 1.61. The lowest BCUT2D eigenvalue weighted by Crippen LogP contribution is -2.20. The molecule has 0 aliphatic heterocycles. The topological polar surface area (TPSA) is 82.6 Å². The predicted octanol–water partition coefficient (Wildman–Crippen LogP) is 2.23. The van der Waals surface area contributed by atoms with Crippen molar-refractivity contribution in [2.45, 2.75) is 39.9 Å². The van der Waals surface area contributed by atoms with Crippen LogP contribution in [0, 0.1) is 6.92 Å². The molecule has 0 aliphatic carbocycles. The minimum absolute atomic E-state index is 0.277. The van der Waals surface area contributed by atoms with Gasteiger partial charge in [-0.15, -0.1) is 0 Å². The van der Waals surface area contributed by atoms with Crippen LogP contribution in [0.25, 0.3) is 0 Å². The van der Waals surface area contributed by atoms with Crippen LogP contribution in [0.1, 0.15) is 30.3 Å². The number of aromatic nitrogens is 6. The van der Waals surface area contributed by atoms with E-state index in [0.717, 1.165) is 16.8 Å². The second-order valence-electron chi connectivity index (χ2n) is 5.85. The summed E-state index contributed by atoms with van der Waals surface area (Å²) in [6, 6.07) is 1.27. The molecule has 1 amide bonds. The first-order valence-electron chi connectivity index (χ1n) is 8.10. The van der Waals surface area contributed by atoms with Gasteiger partial charge in [-0.05, 0) is 19.9 Å². The zero-order valence-electron chi connectivity index (χ0n) is 14.4. The third kappa shape index (κ3) is 4.13. The monoisotopic (exact) mass is 363 g/mol. The van der Waals surface area contributed by atoms with Crippen LogP contribution in [0.3, 0.4) is 0 Å². The summed E-state index contributed by atoms with van der Waals surface area (Å²) in [6.07, 6.45) is 4.17. The molecule has 0 saturated carbocycles. The molecular weight excluding hydrogens is 344 g/mol. The fraction of sp³-hybridized carbons (Fsp3) is 0.375. The van der Waals surface area contributed by atoms with Crippen LogP contribution < -0.4 is 5.32 Å². The number of carbonyl (C=O) groups excluding carboxylic acids is 1. The molecule has 0 aromatic carbocycles. The number of nitrogens with zero attached hydrogens (tertiary/aromatic N) is 6. The molecule has 3 heterocycles. The molecule has 3 rings (SSSR count). The molecule has 0 radical (unpaired) electrons. The van der Waals surface area contributed by atoms with Crippen LogP contribution in [0.2, 0.25) is 0 Å². The smallest absolute Gasteiger partial charge is 0.280 e. The van der Waals surface area contributed by atoms with Gasteiger partial charge in [0.05, 0.1) is 30.3 Å². The van der Waals surface area contributed by atoms with Gasteiger partial charge in [0.2, 0.25) is 5.91 Å². The molecule has 8 nitrogen and oxygen atoms in total. The lowest BCUT2D eigenvalue weighted by atomic mass is 10.3. The van der Waals surface area contributed by atoms with Crippen molar-refractivity contribution in [2.24, 2.45) is 0 Å². The number of aryl methyl sites for hydroxylation is 2. The van der Waals surface area contributed by atoms with Gasteiger partial charge in [0.1, 0.15) is 12.2 Å². The van der Waals surface area contributed by atoms with E-state index in [1.165, 1.54) is 12.3 Å². The van der Waals surface area contributed by atoms with Crippen LogP contribution in [0.5, 0.6) is 0 Å². The number of carbonyl (C=O) groups is 1. The lowest BCUT2D eigenvalue weighted by Gasteiger charge is -2.06. The van der Waals surface area contributed by atoms with Crippen LogP contribution in [0.15, 0.2) is 30.9 Å². The number of anilines is 1. The van der Waals surface area contributed by atoms with Crippen LogP contribution >= 0.6 is 0 Å². The Morgan fingerprint density at radius 3 is 2.69 bits per heavy atom. The highest BCUT2D eigenvalue weighted by Crippen LogP contribution is 2.19. The van der Waals surface area contributed by atoms with Crippen LogP contribution in [0.4, 0.5) is 14.5 Å². The highest BCUT2D eigenvalue weighted by atomic mass is 19.3. The van der Waals surface area contributed by atoms with Crippen molar-refractivity contribution in [3.05, 3.63) is 47.8 Å². The molecule has 0 saturated heterocycles. The molecule has 0 spiro atoms. The largest absolute Gasteiger partial charge is 0.322 e. The molecular formula is C16H19F2N7O. The molecule has 0 atom stereocenters. The number of alkyl halides is 2. The van der Waals surface area contributed by atoms with Gasteiger partial charge in [0, 0.05) is 24.5 Å². The van der Waals surface area contributed by atoms with Gasteiger partial charge in [-0.1, -0.05) is 0 Å². The fourth-order valence-corrected chi connectivity index (χ4v) is 2.57. The molecule has 138 valence electrons. The molecule has 0 unspecified atom stereocenters. The van der Waals surface area contributed by atoms with Gasteiger partial charge in [-0.2, -0.15) is 15.3 Å². The number of halogens is 2. The average molecular weight is 363 g/mol. The minimum Gasteiger partial charge on any atom is -0.322 e. The van der Waals surface area contributed by atoms with Crippen molar-refractivity contribution < 1.29 is 13.6 Å². The summed E-state index contributed by atoms with van der Waals surface area (Å²) in [4.78, 5) is 12.1. The van der Waals surface area contributed by atoms with E-state index >= 15 is 0 Å². The standard InChI is InChI=1S/C16H19F2N7O/c1-3-23-7-12(5-19-23)8-24-9-13(6-20-24)21-15(26)10-25-14(16(17)18)4-11(2)22-25/h4-7,9,16H,3,8,10H2,1-2H3,(H,21,26). The van der Waals surface area contributed by atoms with Crippen LogP contribution in [-0.4, -0.2) is 35.2 Å². The molecule has 26 heavy (non-hydrogen) atoms.